The number of rotatable bonds is 6. The van der Waals surface area contributed by atoms with Crippen LogP contribution in [0.1, 0.15) is 25.0 Å². The average Bonchev–Trinajstić information content (AvgIpc) is 2.74. The number of nitrogens with zero attached hydrogens (tertiary/aromatic N) is 3. The Bertz CT molecular complexity index is 685. The molecule has 1 aromatic heterocycles. The van der Waals surface area contributed by atoms with Gasteiger partial charge in [-0.05, 0) is 68.6 Å². The quantitative estimate of drug-likeness (QED) is 0.634. The highest BCUT2D eigenvalue weighted by molar-refractivity contribution is 5.79. The summed E-state index contributed by atoms with van der Waals surface area (Å²) >= 11 is 0. The minimum atomic E-state index is -0.496. The van der Waals surface area contributed by atoms with Gasteiger partial charge in [0, 0.05) is 43.7 Å². The molecule has 3 rings (SSSR count). The Labute approximate surface area is 166 Å². The SMILES string of the molecule is N=CC(=CN)CN1CCC(C(=O)N2CCC(Cc3ccccn3)C(O)C2)CC1. The van der Waals surface area contributed by atoms with E-state index in [-0.39, 0.29) is 17.7 Å². The van der Waals surface area contributed by atoms with Crippen molar-refractivity contribution in [2.75, 3.05) is 32.7 Å². The molecule has 2 aliphatic rings. The second kappa shape index (κ2) is 9.80. The molecule has 2 fully saturated rings. The smallest absolute Gasteiger partial charge is 0.225 e. The third kappa shape index (κ3) is 5.17. The van der Waals surface area contributed by atoms with Crippen molar-refractivity contribution in [1.82, 2.24) is 14.8 Å². The first-order valence-electron chi connectivity index (χ1n) is 10.1. The van der Waals surface area contributed by atoms with E-state index in [4.69, 9.17) is 11.1 Å². The van der Waals surface area contributed by atoms with Crippen molar-refractivity contribution in [2.24, 2.45) is 17.6 Å². The second-order valence-electron chi connectivity index (χ2n) is 7.86. The topological polar surface area (TPSA) is 107 Å². The van der Waals surface area contributed by atoms with Gasteiger partial charge in [0.2, 0.25) is 5.91 Å². The van der Waals surface area contributed by atoms with Gasteiger partial charge in [-0.2, -0.15) is 0 Å². The number of carbonyl (C=O) groups excluding carboxylic acids is 1. The molecule has 3 heterocycles. The molecule has 0 aliphatic carbocycles. The second-order valence-corrected chi connectivity index (χ2v) is 7.86. The Hall–Kier alpha value is -2.25. The maximum absolute atomic E-state index is 12.9. The molecule has 7 heteroatoms. The van der Waals surface area contributed by atoms with Crippen LogP contribution in [0.4, 0.5) is 0 Å². The standard InChI is InChI=1S/C21H31N5O2/c22-12-16(13-23)14-25-8-4-17(5-9-25)21(28)26-10-6-18(20(27)15-26)11-19-3-1-2-7-24-19/h1-3,7,12-13,17-18,20,22,27H,4-6,8-11,14-15,23H2. The van der Waals surface area contributed by atoms with Crippen LogP contribution in [0, 0.1) is 17.2 Å². The molecule has 152 valence electrons. The number of nitrogens with one attached hydrogen (secondary N) is 1. The third-order valence-electron chi connectivity index (χ3n) is 5.97. The number of piperidine rings is 2. The summed E-state index contributed by atoms with van der Waals surface area (Å²) in [7, 11) is 0. The van der Waals surface area contributed by atoms with Crippen LogP contribution in [0.15, 0.2) is 36.2 Å². The van der Waals surface area contributed by atoms with Gasteiger partial charge in [-0.25, -0.2) is 0 Å². The van der Waals surface area contributed by atoms with Crippen LogP contribution < -0.4 is 5.73 Å². The summed E-state index contributed by atoms with van der Waals surface area (Å²) in [6.07, 6.45) is 7.25. The molecule has 2 aliphatic heterocycles. The number of carbonyl (C=O) groups is 1. The molecule has 28 heavy (non-hydrogen) atoms. The highest BCUT2D eigenvalue weighted by atomic mass is 16.3. The van der Waals surface area contributed by atoms with E-state index in [2.05, 4.69) is 9.88 Å². The molecule has 0 saturated carbocycles. The average molecular weight is 386 g/mol. The zero-order valence-corrected chi connectivity index (χ0v) is 16.3. The lowest BCUT2D eigenvalue weighted by molar-refractivity contribution is -0.141. The fraction of sp³-hybridized carbons (Fsp3) is 0.571. The maximum Gasteiger partial charge on any atom is 0.225 e. The first-order chi connectivity index (χ1) is 13.6. The zero-order chi connectivity index (χ0) is 19.9. The number of pyridine rings is 1. The Balaban J connectivity index is 1.46. The lowest BCUT2D eigenvalue weighted by atomic mass is 9.87. The molecule has 4 N–H and O–H groups in total. The number of β-amino-alcohol motifs (C(OH)–C–C–N with tert-alkyl or cyclic N) is 1. The highest BCUT2D eigenvalue weighted by Gasteiger charge is 2.34. The Morgan fingerprint density at radius 1 is 1.29 bits per heavy atom. The van der Waals surface area contributed by atoms with Crippen molar-refractivity contribution in [1.29, 1.82) is 5.41 Å². The van der Waals surface area contributed by atoms with Crippen molar-refractivity contribution in [3.8, 4) is 0 Å². The van der Waals surface area contributed by atoms with Gasteiger partial charge in [-0.3, -0.25) is 14.7 Å². The van der Waals surface area contributed by atoms with Gasteiger partial charge < -0.3 is 21.1 Å². The Morgan fingerprint density at radius 3 is 2.68 bits per heavy atom. The van der Waals surface area contributed by atoms with E-state index >= 15 is 0 Å². The lowest BCUT2D eigenvalue weighted by Crippen LogP contribution is -2.50. The van der Waals surface area contributed by atoms with Crippen LogP contribution in [0.5, 0.6) is 0 Å². The summed E-state index contributed by atoms with van der Waals surface area (Å²) in [5, 5.41) is 17.9. The van der Waals surface area contributed by atoms with Crippen LogP contribution in [0.3, 0.4) is 0 Å². The van der Waals surface area contributed by atoms with E-state index in [9.17, 15) is 9.90 Å². The molecule has 1 aromatic rings. The number of aromatic nitrogens is 1. The monoisotopic (exact) mass is 385 g/mol. The maximum atomic E-state index is 12.9. The van der Waals surface area contributed by atoms with Crippen molar-refractivity contribution >= 4 is 12.1 Å². The van der Waals surface area contributed by atoms with Crippen LogP contribution in [0.25, 0.3) is 0 Å². The summed E-state index contributed by atoms with van der Waals surface area (Å²) in [5.41, 5.74) is 7.31. The van der Waals surface area contributed by atoms with E-state index < -0.39 is 6.10 Å². The number of hydrogen-bond donors (Lipinski definition) is 3. The van der Waals surface area contributed by atoms with Crippen LogP contribution in [-0.2, 0) is 11.2 Å². The molecule has 0 bridgehead atoms. The summed E-state index contributed by atoms with van der Waals surface area (Å²) < 4.78 is 0. The van der Waals surface area contributed by atoms with E-state index in [1.165, 1.54) is 12.4 Å². The van der Waals surface area contributed by atoms with E-state index in [0.29, 0.717) is 19.6 Å². The Kier molecular flexibility index (Phi) is 7.17. The fourth-order valence-corrected chi connectivity index (χ4v) is 4.21. The number of hydrogen-bond acceptors (Lipinski definition) is 6. The minimum Gasteiger partial charge on any atom is -0.404 e. The van der Waals surface area contributed by atoms with E-state index in [1.54, 1.807) is 6.20 Å². The molecule has 0 aromatic carbocycles. The van der Waals surface area contributed by atoms with Gasteiger partial charge >= 0.3 is 0 Å². The zero-order valence-electron chi connectivity index (χ0n) is 16.3. The first kappa shape index (κ1) is 20.5. The number of aliphatic hydroxyl groups is 1. The number of likely N-dealkylation sites (tertiary alicyclic amines) is 2. The van der Waals surface area contributed by atoms with Crippen molar-refractivity contribution in [2.45, 2.75) is 31.8 Å². The van der Waals surface area contributed by atoms with E-state index in [1.807, 2.05) is 23.1 Å². The third-order valence-corrected chi connectivity index (χ3v) is 5.97. The summed E-state index contributed by atoms with van der Waals surface area (Å²) in [6, 6.07) is 5.85. The molecule has 1 amide bonds. The van der Waals surface area contributed by atoms with Crippen molar-refractivity contribution in [3.63, 3.8) is 0 Å². The normalized spacial score (nSPS) is 24.9. The molecule has 2 unspecified atom stereocenters. The molecule has 0 radical (unpaired) electrons. The number of nitrogens with two attached hydrogens (primary N) is 1. The predicted molar refractivity (Wildman–Crippen MR) is 109 cm³/mol. The van der Waals surface area contributed by atoms with Crippen LogP contribution >= 0.6 is 0 Å². The van der Waals surface area contributed by atoms with Crippen LogP contribution in [0.2, 0.25) is 0 Å². The van der Waals surface area contributed by atoms with Gasteiger partial charge in [0.05, 0.1) is 6.10 Å². The molecule has 2 atom stereocenters. The fourth-order valence-electron chi connectivity index (χ4n) is 4.21. The van der Waals surface area contributed by atoms with Gasteiger partial charge in [-0.15, -0.1) is 0 Å². The van der Waals surface area contributed by atoms with E-state index in [0.717, 1.165) is 50.0 Å². The molecular weight excluding hydrogens is 354 g/mol. The van der Waals surface area contributed by atoms with Crippen molar-refractivity contribution in [3.05, 3.63) is 41.9 Å². The molecule has 0 spiro atoms. The molecule has 7 nitrogen and oxygen atoms in total. The minimum absolute atomic E-state index is 0.0288. The molecule has 2 saturated heterocycles. The van der Waals surface area contributed by atoms with Gasteiger partial charge in [0.15, 0.2) is 0 Å². The lowest BCUT2D eigenvalue weighted by Gasteiger charge is -2.39. The van der Waals surface area contributed by atoms with Gasteiger partial charge in [0.1, 0.15) is 0 Å². The number of amides is 1. The van der Waals surface area contributed by atoms with Crippen molar-refractivity contribution < 1.29 is 9.90 Å². The molecular formula is C21H31N5O2. The first-order valence-corrected chi connectivity index (χ1v) is 10.1. The summed E-state index contributed by atoms with van der Waals surface area (Å²) in [4.78, 5) is 21.4. The van der Waals surface area contributed by atoms with Gasteiger partial charge in [0.25, 0.3) is 0 Å². The Morgan fingerprint density at radius 2 is 2.07 bits per heavy atom. The summed E-state index contributed by atoms with van der Waals surface area (Å²) in [5.74, 6) is 0.362. The summed E-state index contributed by atoms with van der Waals surface area (Å²) in [6.45, 7) is 3.46. The number of aliphatic hydroxyl groups excluding tert-OH is 1. The highest BCUT2D eigenvalue weighted by Crippen LogP contribution is 2.26. The van der Waals surface area contributed by atoms with Gasteiger partial charge in [-0.1, -0.05) is 6.07 Å². The largest absolute Gasteiger partial charge is 0.404 e. The van der Waals surface area contributed by atoms with Crippen LogP contribution in [-0.4, -0.2) is 70.8 Å². The predicted octanol–water partition coefficient (Wildman–Crippen LogP) is 1.04.